The van der Waals surface area contributed by atoms with Crippen LogP contribution < -0.4 is 10.1 Å². The summed E-state index contributed by atoms with van der Waals surface area (Å²) in [5.41, 5.74) is 3.21. The van der Waals surface area contributed by atoms with E-state index >= 15 is 0 Å². The van der Waals surface area contributed by atoms with Crippen molar-refractivity contribution in [3.05, 3.63) is 102 Å². The van der Waals surface area contributed by atoms with Gasteiger partial charge in [-0.3, -0.25) is 9.59 Å². The van der Waals surface area contributed by atoms with Crippen LogP contribution in [0.25, 0.3) is 0 Å². The van der Waals surface area contributed by atoms with Crippen molar-refractivity contribution in [3.63, 3.8) is 0 Å². The first kappa shape index (κ1) is 22.1. The first-order chi connectivity index (χ1) is 15.2. The van der Waals surface area contributed by atoms with Crippen molar-refractivity contribution in [1.82, 2.24) is 5.32 Å². The average molecular weight is 418 g/mol. The molecule has 160 valence electrons. The second-order valence-electron chi connectivity index (χ2n) is 7.20. The second-order valence-corrected chi connectivity index (χ2v) is 7.20. The Labute approximate surface area is 183 Å². The van der Waals surface area contributed by atoms with E-state index in [1.54, 1.807) is 31.4 Å². The van der Waals surface area contributed by atoms with Gasteiger partial charge in [0.25, 0.3) is 5.91 Å². The van der Waals surface area contributed by atoms with Crippen molar-refractivity contribution >= 4 is 11.9 Å². The van der Waals surface area contributed by atoms with Gasteiger partial charge in [0.05, 0.1) is 13.5 Å². The van der Waals surface area contributed by atoms with Crippen LogP contribution in [-0.4, -0.2) is 32.1 Å². The molecule has 0 heterocycles. The number of rotatable bonds is 10. The van der Waals surface area contributed by atoms with E-state index in [0.717, 1.165) is 17.7 Å². The van der Waals surface area contributed by atoms with E-state index in [2.05, 4.69) is 29.6 Å². The van der Waals surface area contributed by atoms with Crippen LogP contribution >= 0.6 is 0 Å². The molecule has 0 bridgehead atoms. The van der Waals surface area contributed by atoms with Gasteiger partial charge >= 0.3 is 5.97 Å². The summed E-state index contributed by atoms with van der Waals surface area (Å²) in [6.45, 7) is 0.208. The summed E-state index contributed by atoms with van der Waals surface area (Å²) in [6.07, 6.45) is 0.862. The molecule has 0 saturated carbocycles. The maximum atomic E-state index is 12.1. The zero-order chi connectivity index (χ0) is 21.9. The van der Waals surface area contributed by atoms with E-state index in [9.17, 15) is 9.59 Å². The molecule has 1 amide bonds. The lowest BCUT2D eigenvalue weighted by Gasteiger charge is -2.18. The molecule has 0 atom stereocenters. The molecule has 0 spiro atoms. The fraction of sp³-hybridized carbons (Fsp3) is 0.231. The van der Waals surface area contributed by atoms with Gasteiger partial charge < -0.3 is 14.8 Å². The van der Waals surface area contributed by atoms with Crippen molar-refractivity contribution in [2.75, 3.05) is 20.3 Å². The lowest BCUT2D eigenvalue weighted by molar-refractivity contribution is -0.147. The lowest BCUT2D eigenvalue weighted by atomic mass is 9.88. The molecule has 5 heteroatoms. The molecule has 3 aromatic rings. The summed E-state index contributed by atoms with van der Waals surface area (Å²) in [7, 11) is 1.59. The first-order valence-electron chi connectivity index (χ1n) is 10.3. The highest BCUT2D eigenvalue weighted by atomic mass is 16.5. The molecule has 0 aliphatic rings. The smallest absolute Gasteiger partial charge is 0.310 e. The Bertz CT molecular complexity index is 916. The van der Waals surface area contributed by atoms with Gasteiger partial charge in [0.1, 0.15) is 5.75 Å². The van der Waals surface area contributed by atoms with Crippen LogP contribution in [0.2, 0.25) is 0 Å². The number of methoxy groups -OCH3 is 1. The van der Waals surface area contributed by atoms with E-state index in [4.69, 9.17) is 9.47 Å². The SMILES string of the molecule is COc1ccc(CC(=O)OCC(=O)NCCC(c2ccccc2)c2ccccc2)cc1. The molecule has 0 saturated heterocycles. The zero-order valence-corrected chi connectivity index (χ0v) is 17.6. The van der Waals surface area contributed by atoms with Crippen molar-refractivity contribution in [1.29, 1.82) is 0 Å². The molecule has 0 fully saturated rings. The summed E-state index contributed by atoms with van der Waals surface area (Å²) in [5.74, 6) is 0.163. The molecule has 3 rings (SSSR count). The second kappa shape index (κ2) is 11.6. The fourth-order valence-electron chi connectivity index (χ4n) is 3.41. The van der Waals surface area contributed by atoms with E-state index in [1.165, 1.54) is 11.1 Å². The van der Waals surface area contributed by atoms with E-state index < -0.39 is 5.97 Å². The number of ether oxygens (including phenoxy) is 2. The lowest BCUT2D eigenvalue weighted by Crippen LogP contribution is -2.30. The Hall–Kier alpha value is -3.60. The van der Waals surface area contributed by atoms with Gasteiger partial charge in [-0.15, -0.1) is 0 Å². The van der Waals surface area contributed by atoms with E-state index in [0.29, 0.717) is 6.54 Å². The average Bonchev–Trinajstić information content (AvgIpc) is 2.82. The van der Waals surface area contributed by atoms with Crippen molar-refractivity contribution in [2.24, 2.45) is 0 Å². The molecule has 31 heavy (non-hydrogen) atoms. The third-order valence-electron chi connectivity index (χ3n) is 5.03. The Balaban J connectivity index is 1.45. The number of hydrogen-bond acceptors (Lipinski definition) is 4. The van der Waals surface area contributed by atoms with E-state index in [1.807, 2.05) is 36.4 Å². The number of nitrogens with one attached hydrogen (secondary N) is 1. The van der Waals surface area contributed by atoms with Crippen molar-refractivity contribution in [3.8, 4) is 5.75 Å². The topological polar surface area (TPSA) is 64.6 Å². The summed E-state index contributed by atoms with van der Waals surface area (Å²) in [6, 6.07) is 27.6. The van der Waals surface area contributed by atoms with Crippen molar-refractivity contribution < 1.29 is 19.1 Å². The monoisotopic (exact) mass is 417 g/mol. The van der Waals surface area contributed by atoms with Crippen LogP contribution in [0.15, 0.2) is 84.9 Å². The Morgan fingerprint density at radius 3 is 1.97 bits per heavy atom. The minimum Gasteiger partial charge on any atom is -0.497 e. The van der Waals surface area contributed by atoms with Crippen LogP contribution in [0.5, 0.6) is 5.75 Å². The Morgan fingerprint density at radius 1 is 0.839 bits per heavy atom. The highest BCUT2D eigenvalue weighted by Crippen LogP contribution is 2.27. The largest absolute Gasteiger partial charge is 0.497 e. The summed E-state index contributed by atoms with van der Waals surface area (Å²) >= 11 is 0. The maximum absolute atomic E-state index is 12.1. The van der Waals surface area contributed by atoms with Gasteiger partial charge in [-0.25, -0.2) is 0 Å². The van der Waals surface area contributed by atoms with Gasteiger partial charge in [-0.1, -0.05) is 72.8 Å². The predicted octanol–water partition coefficient (Wildman–Crippen LogP) is 4.12. The highest BCUT2D eigenvalue weighted by molar-refractivity contribution is 5.81. The third kappa shape index (κ3) is 7.00. The van der Waals surface area contributed by atoms with Crippen LogP contribution in [0.1, 0.15) is 29.0 Å². The summed E-state index contributed by atoms with van der Waals surface area (Å²) in [5, 5.41) is 2.85. The van der Waals surface area contributed by atoms with Crippen LogP contribution in [0.3, 0.4) is 0 Å². The van der Waals surface area contributed by atoms with Gasteiger partial charge in [-0.2, -0.15) is 0 Å². The first-order valence-corrected chi connectivity index (χ1v) is 10.3. The minimum absolute atomic E-state index is 0.112. The van der Waals surface area contributed by atoms with Gasteiger partial charge in [-0.05, 0) is 35.2 Å². The normalized spacial score (nSPS) is 10.5. The van der Waals surface area contributed by atoms with Crippen LogP contribution in [-0.2, 0) is 20.7 Å². The molecule has 0 aromatic heterocycles. The maximum Gasteiger partial charge on any atom is 0.310 e. The number of esters is 1. The standard InChI is InChI=1S/C26H27NO4/c1-30-23-14-12-20(13-15-23)18-26(29)31-19-25(28)27-17-16-24(21-8-4-2-5-9-21)22-10-6-3-7-11-22/h2-15,24H,16-19H2,1H3,(H,27,28). The molecular formula is C26H27NO4. The number of carbonyl (C=O) groups is 2. The molecule has 3 aromatic carbocycles. The molecule has 0 aliphatic heterocycles. The number of hydrogen-bond donors (Lipinski definition) is 1. The number of amides is 1. The molecule has 0 unspecified atom stereocenters. The molecule has 0 aliphatic carbocycles. The molecule has 5 nitrogen and oxygen atoms in total. The molecule has 0 radical (unpaired) electrons. The van der Waals surface area contributed by atoms with Crippen molar-refractivity contribution in [2.45, 2.75) is 18.8 Å². The van der Waals surface area contributed by atoms with Crippen LogP contribution in [0, 0.1) is 0 Å². The highest BCUT2D eigenvalue weighted by Gasteiger charge is 2.15. The van der Waals surface area contributed by atoms with E-state index in [-0.39, 0.29) is 24.9 Å². The molecule has 1 N–H and O–H groups in total. The van der Waals surface area contributed by atoms with Gasteiger partial charge in [0.2, 0.25) is 0 Å². The van der Waals surface area contributed by atoms with Gasteiger partial charge in [0.15, 0.2) is 6.61 Å². The molecular weight excluding hydrogens is 390 g/mol. The summed E-state index contributed by atoms with van der Waals surface area (Å²) in [4.78, 5) is 24.1. The Morgan fingerprint density at radius 2 is 1.42 bits per heavy atom. The van der Waals surface area contributed by atoms with Crippen LogP contribution in [0.4, 0.5) is 0 Å². The number of benzene rings is 3. The van der Waals surface area contributed by atoms with Gasteiger partial charge in [0, 0.05) is 12.5 Å². The predicted molar refractivity (Wildman–Crippen MR) is 120 cm³/mol. The summed E-state index contributed by atoms with van der Waals surface area (Å²) < 4.78 is 10.2. The zero-order valence-electron chi connectivity index (χ0n) is 17.6. The Kier molecular flexibility index (Phi) is 8.23. The minimum atomic E-state index is -0.438. The number of carbonyl (C=O) groups excluding carboxylic acids is 2. The quantitative estimate of drug-likeness (QED) is 0.504. The fourth-order valence-corrected chi connectivity index (χ4v) is 3.41. The third-order valence-corrected chi connectivity index (χ3v) is 5.03.